The van der Waals surface area contributed by atoms with Gasteiger partial charge in [0.15, 0.2) is 0 Å². The first-order chi connectivity index (χ1) is 9.56. The van der Waals surface area contributed by atoms with Crippen molar-refractivity contribution in [2.24, 2.45) is 0 Å². The molecule has 0 saturated carbocycles. The molecule has 1 atom stereocenters. The van der Waals surface area contributed by atoms with Crippen LogP contribution in [0, 0.1) is 13.8 Å². The summed E-state index contributed by atoms with van der Waals surface area (Å²) in [7, 11) is 0. The normalized spacial score (nSPS) is 12.6. The zero-order valence-electron chi connectivity index (χ0n) is 12.4. The Balaban J connectivity index is 1.75. The van der Waals surface area contributed by atoms with Gasteiger partial charge in [0.1, 0.15) is 0 Å². The Kier molecular flexibility index (Phi) is 5.38. The maximum absolute atomic E-state index is 4.48. The van der Waals surface area contributed by atoms with Crippen LogP contribution in [-0.2, 0) is 6.54 Å². The zero-order chi connectivity index (χ0) is 14.5. The lowest BCUT2D eigenvalue weighted by Crippen LogP contribution is -2.21. The van der Waals surface area contributed by atoms with Gasteiger partial charge in [-0.25, -0.2) is 0 Å². The molecule has 0 aliphatic rings. The van der Waals surface area contributed by atoms with Gasteiger partial charge < -0.3 is 5.32 Å². The molecule has 0 aliphatic carbocycles. The van der Waals surface area contributed by atoms with Crippen LogP contribution in [0.4, 0.5) is 0 Å². The average Bonchev–Trinajstić information content (AvgIpc) is 2.73. The van der Waals surface area contributed by atoms with Crippen LogP contribution >= 0.6 is 15.9 Å². The molecular weight excluding hydrogens is 314 g/mol. The van der Waals surface area contributed by atoms with Crippen LogP contribution in [0.5, 0.6) is 0 Å². The molecule has 0 fully saturated rings. The largest absolute Gasteiger partial charge is 0.310 e. The van der Waals surface area contributed by atoms with Crippen molar-refractivity contribution in [3.05, 3.63) is 51.8 Å². The summed E-state index contributed by atoms with van der Waals surface area (Å²) in [6.45, 7) is 8.32. The number of aromatic nitrogens is 2. The smallest absolute Gasteiger partial charge is 0.0596 e. The van der Waals surface area contributed by atoms with Gasteiger partial charge in [-0.15, -0.1) is 0 Å². The van der Waals surface area contributed by atoms with Crippen molar-refractivity contribution in [2.45, 2.75) is 39.8 Å². The standard InChI is InChI=1S/C16H22BrN3/c1-12-11-13(2)20(19-12)10-4-9-18-14(3)15-5-7-16(17)8-6-15/h5-8,11,14,18H,4,9-10H2,1-3H3. The topological polar surface area (TPSA) is 29.9 Å². The molecule has 1 aromatic heterocycles. The molecule has 0 amide bonds. The number of nitrogens with zero attached hydrogens (tertiary/aromatic N) is 2. The highest BCUT2D eigenvalue weighted by Crippen LogP contribution is 2.16. The lowest BCUT2D eigenvalue weighted by Gasteiger charge is -2.14. The van der Waals surface area contributed by atoms with E-state index in [2.05, 4.69) is 75.2 Å². The molecule has 20 heavy (non-hydrogen) atoms. The first-order valence-electron chi connectivity index (χ1n) is 7.06. The third-order valence-electron chi connectivity index (χ3n) is 3.47. The summed E-state index contributed by atoms with van der Waals surface area (Å²) in [5.41, 5.74) is 3.65. The summed E-state index contributed by atoms with van der Waals surface area (Å²) in [5.74, 6) is 0. The Morgan fingerprint density at radius 3 is 2.55 bits per heavy atom. The van der Waals surface area contributed by atoms with Crippen LogP contribution in [0.15, 0.2) is 34.8 Å². The van der Waals surface area contributed by atoms with Gasteiger partial charge in [0.25, 0.3) is 0 Å². The van der Waals surface area contributed by atoms with E-state index in [1.54, 1.807) is 0 Å². The first kappa shape index (κ1) is 15.3. The summed E-state index contributed by atoms with van der Waals surface area (Å²) in [4.78, 5) is 0. The number of rotatable bonds is 6. The summed E-state index contributed by atoms with van der Waals surface area (Å²) in [6, 6.07) is 11.0. The number of hydrogen-bond acceptors (Lipinski definition) is 2. The van der Waals surface area contributed by atoms with Crippen molar-refractivity contribution in [1.82, 2.24) is 15.1 Å². The number of benzene rings is 1. The predicted octanol–water partition coefficient (Wildman–Crippen LogP) is 4.00. The summed E-state index contributed by atoms with van der Waals surface area (Å²) in [5, 5.41) is 8.04. The van der Waals surface area contributed by atoms with Gasteiger partial charge in [-0.3, -0.25) is 4.68 Å². The minimum Gasteiger partial charge on any atom is -0.310 e. The average molecular weight is 336 g/mol. The molecule has 2 aromatic rings. The van der Waals surface area contributed by atoms with Crippen LogP contribution in [0.25, 0.3) is 0 Å². The van der Waals surface area contributed by atoms with E-state index >= 15 is 0 Å². The number of aryl methyl sites for hydroxylation is 3. The van der Waals surface area contributed by atoms with Gasteiger partial charge in [0.2, 0.25) is 0 Å². The van der Waals surface area contributed by atoms with E-state index in [0.717, 1.165) is 29.7 Å². The highest BCUT2D eigenvalue weighted by Gasteiger charge is 2.05. The lowest BCUT2D eigenvalue weighted by atomic mass is 10.1. The summed E-state index contributed by atoms with van der Waals surface area (Å²) < 4.78 is 3.21. The van der Waals surface area contributed by atoms with E-state index in [9.17, 15) is 0 Å². The van der Waals surface area contributed by atoms with E-state index in [1.165, 1.54) is 11.3 Å². The molecule has 4 heteroatoms. The summed E-state index contributed by atoms with van der Waals surface area (Å²) in [6.07, 6.45) is 1.09. The van der Waals surface area contributed by atoms with Gasteiger partial charge in [-0.1, -0.05) is 28.1 Å². The van der Waals surface area contributed by atoms with Crippen molar-refractivity contribution in [1.29, 1.82) is 0 Å². The molecular formula is C16H22BrN3. The minimum absolute atomic E-state index is 0.378. The Bertz CT molecular complexity index is 545. The monoisotopic (exact) mass is 335 g/mol. The van der Waals surface area contributed by atoms with Gasteiger partial charge >= 0.3 is 0 Å². The predicted molar refractivity (Wildman–Crippen MR) is 86.9 cm³/mol. The molecule has 3 nitrogen and oxygen atoms in total. The fraction of sp³-hybridized carbons (Fsp3) is 0.438. The molecule has 1 unspecified atom stereocenters. The van der Waals surface area contributed by atoms with E-state index in [-0.39, 0.29) is 0 Å². The van der Waals surface area contributed by atoms with Crippen molar-refractivity contribution in [3.63, 3.8) is 0 Å². The molecule has 1 heterocycles. The molecule has 1 N–H and O–H groups in total. The quantitative estimate of drug-likeness (QED) is 0.808. The second-order valence-corrected chi connectivity index (χ2v) is 6.15. The van der Waals surface area contributed by atoms with Crippen LogP contribution in [0.2, 0.25) is 0 Å². The van der Waals surface area contributed by atoms with Gasteiger partial charge in [0, 0.05) is 22.8 Å². The van der Waals surface area contributed by atoms with E-state index < -0.39 is 0 Å². The fourth-order valence-corrected chi connectivity index (χ4v) is 2.58. The SMILES string of the molecule is Cc1cc(C)n(CCCNC(C)c2ccc(Br)cc2)n1. The van der Waals surface area contributed by atoms with Crippen molar-refractivity contribution in [3.8, 4) is 0 Å². The molecule has 0 saturated heterocycles. The van der Waals surface area contributed by atoms with Crippen LogP contribution < -0.4 is 5.32 Å². The number of hydrogen-bond donors (Lipinski definition) is 1. The van der Waals surface area contributed by atoms with Crippen molar-refractivity contribution in [2.75, 3.05) is 6.54 Å². The maximum atomic E-state index is 4.48. The molecule has 108 valence electrons. The second kappa shape index (κ2) is 7.04. The zero-order valence-corrected chi connectivity index (χ0v) is 13.9. The van der Waals surface area contributed by atoms with E-state index in [4.69, 9.17) is 0 Å². The highest BCUT2D eigenvalue weighted by molar-refractivity contribution is 9.10. The molecule has 1 aromatic carbocycles. The van der Waals surface area contributed by atoms with Crippen LogP contribution in [0.3, 0.4) is 0 Å². The number of halogens is 1. The van der Waals surface area contributed by atoms with Gasteiger partial charge in [-0.05, 0) is 57.5 Å². The van der Waals surface area contributed by atoms with Crippen molar-refractivity contribution >= 4 is 15.9 Å². The van der Waals surface area contributed by atoms with Gasteiger partial charge in [-0.2, -0.15) is 5.10 Å². The lowest BCUT2D eigenvalue weighted by molar-refractivity contribution is 0.500. The van der Waals surface area contributed by atoms with Crippen LogP contribution in [0.1, 0.15) is 36.3 Å². The number of nitrogens with one attached hydrogen (secondary N) is 1. The minimum atomic E-state index is 0.378. The first-order valence-corrected chi connectivity index (χ1v) is 7.85. The Morgan fingerprint density at radius 2 is 1.95 bits per heavy atom. The molecule has 2 rings (SSSR count). The van der Waals surface area contributed by atoms with Crippen LogP contribution in [-0.4, -0.2) is 16.3 Å². The van der Waals surface area contributed by atoms with E-state index in [0.29, 0.717) is 6.04 Å². The Hall–Kier alpha value is -1.13. The van der Waals surface area contributed by atoms with E-state index in [1.807, 2.05) is 6.92 Å². The Labute approximate surface area is 129 Å². The molecule has 0 spiro atoms. The molecule has 0 bridgehead atoms. The fourth-order valence-electron chi connectivity index (χ4n) is 2.32. The summed E-state index contributed by atoms with van der Waals surface area (Å²) >= 11 is 3.46. The molecule has 0 aliphatic heterocycles. The van der Waals surface area contributed by atoms with Gasteiger partial charge in [0.05, 0.1) is 5.69 Å². The Morgan fingerprint density at radius 1 is 1.25 bits per heavy atom. The van der Waals surface area contributed by atoms with Crippen molar-refractivity contribution < 1.29 is 0 Å². The third kappa shape index (κ3) is 4.18. The highest BCUT2D eigenvalue weighted by atomic mass is 79.9. The third-order valence-corrected chi connectivity index (χ3v) is 4.00. The maximum Gasteiger partial charge on any atom is 0.0596 e. The second-order valence-electron chi connectivity index (χ2n) is 5.23. The molecule has 0 radical (unpaired) electrons.